The summed E-state index contributed by atoms with van der Waals surface area (Å²) in [6, 6.07) is 21.9. The highest BCUT2D eigenvalue weighted by molar-refractivity contribution is 6.30. The third-order valence-electron chi connectivity index (χ3n) is 5.93. The summed E-state index contributed by atoms with van der Waals surface area (Å²) in [6.07, 6.45) is 0.443. The van der Waals surface area contributed by atoms with Gasteiger partial charge in [-0.2, -0.15) is 10.4 Å². The van der Waals surface area contributed by atoms with Gasteiger partial charge in [-0.25, -0.2) is 9.48 Å². The smallest absolute Gasteiger partial charge is 0.336 e. The number of halogens is 1. The molecule has 4 aromatic rings. The number of nitrogens with zero attached hydrogens (tertiary/aromatic N) is 3. The molecule has 0 aliphatic heterocycles. The zero-order chi connectivity index (χ0) is 27.9. The maximum atomic E-state index is 13.3. The lowest BCUT2D eigenvalue weighted by Gasteiger charge is -2.11. The molecule has 0 saturated heterocycles. The van der Waals surface area contributed by atoms with Crippen LogP contribution in [-0.4, -0.2) is 45.6 Å². The molecule has 0 spiro atoms. The van der Waals surface area contributed by atoms with E-state index in [4.69, 9.17) is 11.6 Å². The molecule has 0 fully saturated rings. The number of carbonyl (C=O) groups excluding carboxylic acids is 2. The molecule has 0 aliphatic rings. The molecule has 0 atom stereocenters. The molecule has 0 saturated carbocycles. The van der Waals surface area contributed by atoms with Gasteiger partial charge in [0.05, 0.1) is 16.8 Å². The van der Waals surface area contributed by atoms with Crippen LogP contribution in [0.15, 0.2) is 72.8 Å². The summed E-state index contributed by atoms with van der Waals surface area (Å²) in [6.45, 7) is 2.48. The second kappa shape index (κ2) is 12.1. The van der Waals surface area contributed by atoms with Gasteiger partial charge in [0, 0.05) is 23.7 Å². The van der Waals surface area contributed by atoms with E-state index >= 15 is 0 Å². The average molecular weight is 542 g/mol. The van der Waals surface area contributed by atoms with E-state index in [0.717, 1.165) is 5.56 Å². The van der Waals surface area contributed by atoms with Gasteiger partial charge in [-0.1, -0.05) is 53.6 Å². The largest absolute Gasteiger partial charge is 0.478 e. The van der Waals surface area contributed by atoms with E-state index in [-0.39, 0.29) is 34.7 Å². The van der Waals surface area contributed by atoms with E-state index < -0.39 is 11.9 Å². The fourth-order valence-electron chi connectivity index (χ4n) is 3.92. The summed E-state index contributed by atoms with van der Waals surface area (Å²) in [4.78, 5) is 37.2. The van der Waals surface area contributed by atoms with Crippen molar-refractivity contribution in [2.24, 2.45) is 0 Å². The number of benzene rings is 3. The molecule has 3 aromatic carbocycles. The number of aryl methyl sites for hydroxylation is 1. The number of hydrogen-bond donors (Lipinski definition) is 3. The summed E-state index contributed by atoms with van der Waals surface area (Å²) in [5, 5.41) is 30.2. The number of aromatic nitrogens is 2. The number of carboxylic acid groups (broad SMARTS) is 1. The molecule has 10 heteroatoms. The molecule has 0 unspecified atom stereocenters. The van der Waals surface area contributed by atoms with Gasteiger partial charge in [0.15, 0.2) is 5.69 Å². The molecule has 0 radical (unpaired) electrons. The number of aromatic carboxylic acids is 1. The van der Waals surface area contributed by atoms with Crippen LogP contribution in [0, 0.1) is 18.3 Å². The molecule has 1 amide bonds. The molecule has 0 bridgehead atoms. The molecule has 4 rings (SSSR count). The van der Waals surface area contributed by atoms with Gasteiger partial charge in [0.1, 0.15) is 17.5 Å². The number of carboxylic acids is 1. The Kier molecular flexibility index (Phi) is 8.39. The lowest BCUT2D eigenvalue weighted by atomic mass is 10.0. The molecule has 1 heterocycles. The SMILES string of the molecule is Cc1ccc(C(=O)c2nn(-c3ccc(Cl)cc3)c(NCCCNC(=O)c3ccccc3C(=O)O)c2C#N)cc1. The van der Waals surface area contributed by atoms with Crippen LogP contribution in [-0.2, 0) is 0 Å². The monoisotopic (exact) mass is 541 g/mol. The zero-order valence-corrected chi connectivity index (χ0v) is 21.7. The highest BCUT2D eigenvalue weighted by Gasteiger charge is 2.25. The minimum Gasteiger partial charge on any atom is -0.478 e. The predicted molar refractivity (Wildman–Crippen MR) is 147 cm³/mol. The van der Waals surface area contributed by atoms with Crippen molar-refractivity contribution in [1.29, 1.82) is 5.26 Å². The van der Waals surface area contributed by atoms with Crippen molar-refractivity contribution in [3.05, 3.63) is 111 Å². The summed E-state index contributed by atoms with van der Waals surface area (Å²) >= 11 is 6.04. The number of amides is 1. The van der Waals surface area contributed by atoms with Gasteiger partial charge in [-0.05, 0) is 49.7 Å². The number of nitriles is 1. The first-order chi connectivity index (χ1) is 18.8. The number of carbonyl (C=O) groups is 3. The van der Waals surface area contributed by atoms with Crippen molar-refractivity contribution < 1.29 is 19.5 Å². The molecule has 39 heavy (non-hydrogen) atoms. The Hall–Kier alpha value is -4.94. The van der Waals surface area contributed by atoms with E-state index in [1.807, 2.05) is 19.1 Å². The molecular weight excluding hydrogens is 518 g/mol. The van der Waals surface area contributed by atoms with Crippen molar-refractivity contribution in [3.63, 3.8) is 0 Å². The fourth-order valence-corrected chi connectivity index (χ4v) is 4.04. The van der Waals surface area contributed by atoms with Crippen molar-refractivity contribution in [3.8, 4) is 11.8 Å². The standard InChI is InChI=1S/C29H24ClN5O4/c1-18-7-9-19(10-8-18)26(36)25-24(17-31)27(35(34-25)21-13-11-20(30)12-14-21)32-15-4-16-33-28(37)22-5-2-3-6-23(22)29(38)39/h2-3,5-14,32H,4,15-16H2,1H3,(H,33,37)(H,38,39). The Bertz CT molecular complexity index is 1570. The maximum absolute atomic E-state index is 13.3. The Balaban J connectivity index is 1.53. The van der Waals surface area contributed by atoms with E-state index in [1.165, 1.54) is 16.8 Å². The fraction of sp³-hybridized carbons (Fsp3) is 0.138. The third kappa shape index (κ3) is 6.14. The van der Waals surface area contributed by atoms with E-state index in [0.29, 0.717) is 35.1 Å². The van der Waals surface area contributed by atoms with Crippen molar-refractivity contribution in [2.45, 2.75) is 13.3 Å². The number of ketones is 1. The quantitative estimate of drug-likeness (QED) is 0.192. The summed E-state index contributed by atoms with van der Waals surface area (Å²) < 4.78 is 1.48. The number of anilines is 1. The second-order valence-electron chi connectivity index (χ2n) is 8.65. The van der Waals surface area contributed by atoms with Crippen molar-refractivity contribution >= 4 is 35.1 Å². The average Bonchev–Trinajstić information content (AvgIpc) is 3.31. The number of hydrogen-bond acceptors (Lipinski definition) is 6. The van der Waals surface area contributed by atoms with Crippen LogP contribution in [0.5, 0.6) is 0 Å². The first kappa shape index (κ1) is 27.1. The Morgan fingerprint density at radius 3 is 2.28 bits per heavy atom. The van der Waals surface area contributed by atoms with Crippen LogP contribution in [0.4, 0.5) is 5.82 Å². The van der Waals surface area contributed by atoms with Crippen molar-refractivity contribution in [1.82, 2.24) is 15.1 Å². The van der Waals surface area contributed by atoms with Crippen LogP contribution in [0.2, 0.25) is 5.02 Å². The Labute approximate surface area is 229 Å². The summed E-state index contributed by atoms with van der Waals surface area (Å²) in [7, 11) is 0. The van der Waals surface area contributed by atoms with E-state index in [2.05, 4.69) is 21.8 Å². The third-order valence-corrected chi connectivity index (χ3v) is 6.18. The highest BCUT2D eigenvalue weighted by atomic mass is 35.5. The molecule has 9 nitrogen and oxygen atoms in total. The minimum absolute atomic E-state index is 0.0115. The van der Waals surface area contributed by atoms with Crippen LogP contribution >= 0.6 is 11.6 Å². The molecule has 196 valence electrons. The molecule has 1 aromatic heterocycles. The zero-order valence-electron chi connectivity index (χ0n) is 20.9. The first-order valence-electron chi connectivity index (χ1n) is 12.0. The van der Waals surface area contributed by atoms with Crippen molar-refractivity contribution in [2.75, 3.05) is 18.4 Å². The Morgan fingerprint density at radius 1 is 0.974 bits per heavy atom. The molecule has 0 aliphatic carbocycles. The normalized spacial score (nSPS) is 10.5. The summed E-state index contributed by atoms with van der Waals surface area (Å²) in [5.41, 5.74) is 2.11. The second-order valence-corrected chi connectivity index (χ2v) is 9.09. The Morgan fingerprint density at radius 2 is 1.64 bits per heavy atom. The van der Waals surface area contributed by atoms with Crippen LogP contribution in [0.1, 0.15) is 54.3 Å². The predicted octanol–water partition coefficient (Wildman–Crippen LogP) is 4.87. The van der Waals surface area contributed by atoms with E-state index in [9.17, 15) is 24.8 Å². The van der Waals surface area contributed by atoms with Crippen LogP contribution < -0.4 is 10.6 Å². The summed E-state index contributed by atoms with van der Waals surface area (Å²) in [5.74, 6) is -1.73. The van der Waals surface area contributed by atoms with Crippen LogP contribution in [0.25, 0.3) is 5.69 Å². The number of nitrogens with one attached hydrogen (secondary N) is 2. The minimum atomic E-state index is -1.18. The molecule has 3 N–H and O–H groups in total. The lowest BCUT2D eigenvalue weighted by molar-refractivity contribution is 0.0690. The van der Waals surface area contributed by atoms with Gasteiger partial charge in [-0.15, -0.1) is 0 Å². The van der Waals surface area contributed by atoms with Gasteiger partial charge in [0.25, 0.3) is 5.91 Å². The number of rotatable bonds is 10. The van der Waals surface area contributed by atoms with E-state index in [1.54, 1.807) is 48.5 Å². The lowest BCUT2D eigenvalue weighted by Crippen LogP contribution is -2.27. The first-order valence-corrected chi connectivity index (χ1v) is 12.4. The highest BCUT2D eigenvalue weighted by Crippen LogP contribution is 2.26. The molecular formula is C29H24ClN5O4. The van der Waals surface area contributed by atoms with Gasteiger partial charge >= 0.3 is 5.97 Å². The van der Waals surface area contributed by atoms with Gasteiger partial charge in [0.2, 0.25) is 5.78 Å². The van der Waals surface area contributed by atoms with Crippen LogP contribution in [0.3, 0.4) is 0 Å². The maximum Gasteiger partial charge on any atom is 0.336 e. The van der Waals surface area contributed by atoms with Gasteiger partial charge in [-0.3, -0.25) is 9.59 Å². The topological polar surface area (TPSA) is 137 Å². The van der Waals surface area contributed by atoms with Gasteiger partial charge < -0.3 is 15.7 Å².